The Morgan fingerprint density at radius 2 is 1.90 bits per heavy atom. The Labute approximate surface area is 180 Å². The largest absolute Gasteiger partial charge is 0.507 e. The summed E-state index contributed by atoms with van der Waals surface area (Å²) < 4.78 is 10.5. The van der Waals surface area contributed by atoms with Crippen LogP contribution in [0, 0.1) is 6.92 Å². The Kier molecular flexibility index (Phi) is 5.56. The van der Waals surface area contributed by atoms with Crippen molar-refractivity contribution < 1.29 is 24.5 Å². The summed E-state index contributed by atoms with van der Waals surface area (Å²) in [5, 5.41) is 27.8. The summed E-state index contributed by atoms with van der Waals surface area (Å²) in [6.45, 7) is 2.93. The van der Waals surface area contributed by atoms with Gasteiger partial charge in [-0.2, -0.15) is 5.10 Å². The number of aromatic hydroxyl groups is 2. The quantitative estimate of drug-likeness (QED) is 0.503. The molecule has 2 aromatic carbocycles. The molecule has 1 amide bonds. The Bertz CT molecular complexity index is 1120. The number of aryl methyl sites for hydroxylation is 1. The number of benzene rings is 2. The lowest BCUT2D eigenvalue weighted by atomic mass is 9.94. The van der Waals surface area contributed by atoms with Crippen molar-refractivity contribution in [1.82, 2.24) is 15.1 Å². The number of aromatic nitrogens is 2. The van der Waals surface area contributed by atoms with E-state index in [0.29, 0.717) is 47.8 Å². The zero-order chi connectivity index (χ0) is 22.1. The number of nitrogens with one attached hydrogen (secondary N) is 1. The molecule has 3 aromatic rings. The summed E-state index contributed by atoms with van der Waals surface area (Å²) in [6, 6.07) is 9.86. The third kappa shape index (κ3) is 3.59. The molecule has 8 heteroatoms. The summed E-state index contributed by atoms with van der Waals surface area (Å²) in [5.41, 5.74) is 3.90. The average molecular weight is 423 g/mol. The summed E-state index contributed by atoms with van der Waals surface area (Å²) in [7, 11) is 3.10. The lowest BCUT2D eigenvalue weighted by molar-refractivity contribution is 0.0723. The van der Waals surface area contributed by atoms with Crippen LogP contribution in [0.1, 0.15) is 39.6 Å². The normalized spacial score (nSPS) is 15.4. The Balaban J connectivity index is 1.88. The van der Waals surface area contributed by atoms with Crippen LogP contribution in [-0.4, -0.2) is 58.6 Å². The van der Waals surface area contributed by atoms with Gasteiger partial charge >= 0.3 is 0 Å². The molecule has 0 saturated heterocycles. The number of amides is 1. The second kappa shape index (κ2) is 8.31. The van der Waals surface area contributed by atoms with Crippen LogP contribution in [0.2, 0.25) is 0 Å². The maximum absolute atomic E-state index is 13.3. The first kappa shape index (κ1) is 20.7. The maximum Gasteiger partial charge on any atom is 0.273 e. The summed E-state index contributed by atoms with van der Waals surface area (Å²) in [5.74, 6) is 0.255. The third-order valence-corrected chi connectivity index (χ3v) is 5.54. The Hall–Kier alpha value is -3.52. The molecule has 8 nitrogen and oxygen atoms in total. The monoisotopic (exact) mass is 423 g/mol. The lowest BCUT2D eigenvalue weighted by Gasteiger charge is -2.26. The van der Waals surface area contributed by atoms with Crippen LogP contribution in [0.25, 0.3) is 11.3 Å². The highest BCUT2D eigenvalue weighted by Gasteiger charge is 2.42. The van der Waals surface area contributed by atoms with Crippen molar-refractivity contribution in [2.45, 2.75) is 19.4 Å². The van der Waals surface area contributed by atoms with Crippen molar-refractivity contribution >= 4 is 5.91 Å². The van der Waals surface area contributed by atoms with Crippen molar-refractivity contribution in [1.29, 1.82) is 0 Å². The molecular formula is C23H25N3O5. The molecule has 0 radical (unpaired) electrons. The molecule has 1 aliphatic rings. The molecule has 1 atom stereocenters. The van der Waals surface area contributed by atoms with Crippen LogP contribution in [0.5, 0.6) is 17.2 Å². The van der Waals surface area contributed by atoms with E-state index in [9.17, 15) is 15.0 Å². The van der Waals surface area contributed by atoms with Gasteiger partial charge in [-0.1, -0.05) is 17.7 Å². The highest BCUT2D eigenvalue weighted by Crippen LogP contribution is 2.45. The molecule has 0 spiro atoms. The zero-order valence-electron chi connectivity index (χ0n) is 17.7. The molecule has 162 valence electrons. The van der Waals surface area contributed by atoms with Crippen molar-refractivity contribution in [2.24, 2.45) is 0 Å². The molecular weight excluding hydrogens is 398 g/mol. The van der Waals surface area contributed by atoms with Crippen LogP contribution in [0.3, 0.4) is 0 Å². The van der Waals surface area contributed by atoms with Crippen molar-refractivity contribution in [3.05, 3.63) is 58.8 Å². The number of hydrogen-bond acceptors (Lipinski definition) is 6. The number of carbonyl (C=O) groups is 1. The summed E-state index contributed by atoms with van der Waals surface area (Å²) in [4.78, 5) is 15.0. The van der Waals surface area contributed by atoms with E-state index >= 15 is 0 Å². The van der Waals surface area contributed by atoms with Crippen LogP contribution < -0.4 is 4.74 Å². The molecule has 0 saturated carbocycles. The third-order valence-electron chi connectivity index (χ3n) is 5.54. The highest BCUT2D eigenvalue weighted by molar-refractivity contribution is 6.00. The molecule has 0 fully saturated rings. The van der Waals surface area contributed by atoms with Gasteiger partial charge in [0.2, 0.25) is 0 Å². The first-order valence-corrected chi connectivity index (χ1v) is 10.0. The maximum atomic E-state index is 13.3. The molecule has 1 aliphatic heterocycles. The molecule has 1 aromatic heterocycles. The number of carbonyl (C=O) groups excluding carboxylic acids is 1. The Morgan fingerprint density at radius 3 is 2.65 bits per heavy atom. The van der Waals surface area contributed by atoms with E-state index < -0.39 is 6.04 Å². The standard InChI is InChI=1S/C23H25N3O5/c1-13-5-7-16(27)15(11-13)20-19-21(25-24-20)23(29)26(9-4-10-30-2)22(19)14-6-8-17(28)18(12-14)31-3/h5-8,11-12,22,27-28H,4,9-10H2,1-3H3,(H,24,25)/t22-/m0/s1. The molecule has 0 unspecified atom stereocenters. The average Bonchev–Trinajstić information content (AvgIpc) is 3.30. The van der Waals surface area contributed by atoms with Crippen LogP contribution >= 0.6 is 0 Å². The topological polar surface area (TPSA) is 108 Å². The highest BCUT2D eigenvalue weighted by atomic mass is 16.5. The molecule has 3 N–H and O–H groups in total. The fraction of sp³-hybridized carbons (Fsp3) is 0.304. The van der Waals surface area contributed by atoms with Gasteiger partial charge in [0.25, 0.3) is 5.91 Å². The van der Waals surface area contributed by atoms with E-state index in [1.165, 1.54) is 7.11 Å². The van der Waals surface area contributed by atoms with Crippen molar-refractivity contribution in [3.63, 3.8) is 0 Å². The van der Waals surface area contributed by atoms with Gasteiger partial charge in [-0.05, 0) is 43.2 Å². The number of phenols is 2. The molecule has 2 heterocycles. The van der Waals surface area contributed by atoms with E-state index in [2.05, 4.69) is 10.2 Å². The second-order valence-electron chi connectivity index (χ2n) is 7.56. The van der Waals surface area contributed by atoms with E-state index in [4.69, 9.17) is 9.47 Å². The van der Waals surface area contributed by atoms with Crippen molar-refractivity contribution in [3.8, 4) is 28.5 Å². The van der Waals surface area contributed by atoms with Crippen LogP contribution in [-0.2, 0) is 4.74 Å². The van der Waals surface area contributed by atoms with Gasteiger partial charge < -0.3 is 24.6 Å². The number of methoxy groups -OCH3 is 2. The van der Waals surface area contributed by atoms with Crippen molar-refractivity contribution in [2.75, 3.05) is 27.4 Å². The SMILES string of the molecule is COCCCN1C(=O)c2[nH]nc(-c3cc(C)ccc3O)c2[C@@H]1c1ccc(O)c(OC)c1. The minimum absolute atomic E-state index is 0.0190. The molecule has 0 aliphatic carbocycles. The Morgan fingerprint density at radius 1 is 1.13 bits per heavy atom. The summed E-state index contributed by atoms with van der Waals surface area (Å²) in [6.07, 6.45) is 0.663. The number of aromatic amines is 1. The minimum Gasteiger partial charge on any atom is -0.507 e. The zero-order valence-corrected chi connectivity index (χ0v) is 17.7. The first-order chi connectivity index (χ1) is 15.0. The first-order valence-electron chi connectivity index (χ1n) is 10.0. The van der Waals surface area contributed by atoms with Crippen LogP contribution in [0.4, 0.5) is 0 Å². The van der Waals surface area contributed by atoms with E-state index in [1.807, 2.05) is 19.1 Å². The number of fused-ring (bicyclic) bond motifs is 1. The van der Waals surface area contributed by atoms with E-state index in [-0.39, 0.29) is 17.4 Å². The minimum atomic E-state index is -0.456. The van der Waals surface area contributed by atoms with Gasteiger partial charge in [-0.3, -0.25) is 9.89 Å². The number of H-pyrrole nitrogens is 1. The van der Waals surface area contributed by atoms with Gasteiger partial charge in [0.05, 0.1) is 13.2 Å². The van der Waals surface area contributed by atoms with Gasteiger partial charge in [0.15, 0.2) is 11.5 Å². The predicted molar refractivity (Wildman–Crippen MR) is 114 cm³/mol. The van der Waals surface area contributed by atoms with Gasteiger partial charge in [0.1, 0.15) is 17.1 Å². The van der Waals surface area contributed by atoms with Gasteiger partial charge in [-0.15, -0.1) is 0 Å². The predicted octanol–water partition coefficient (Wildman–Crippen LogP) is 3.39. The smallest absolute Gasteiger partial charge is 0.273 e. The van der Waals surface area contributed by atoms with Gasteiger partial charge in [-0.25, -0.2) is 0 Å². The molecule has 0 bridgehead atoms. The fourth-order valence-electron chi connectivity index (χ4n) is 4.06. The lowest BCUT2D eigenvalue weighted by Crippen LogP contribution is -2.31. The van der Waals surface area contributed by atoms with E-state index in [1.54, 1.807) is 36.3 Å². The number of nitrogens with zero attached hydrogens (tertiary/aromatic N) is 2. The number of rotatable bonds is 7. The molecule has 31 heavy (non-hydrogen) atoms. The fourth-order valence-corrected chi connectivity index (χ4v) is 4.06. The summed E-state index contributed by atoms with van der Waals surface area (Å²) >= 11 is 0. The van der Waals surface area contributed by atoms with Crippen LogP contribution in [0.15, 0.2) is 36.4 Å². The molecule has 4 rings (SSSR count). The number of hydrogen-bond donors (Lipinski definition) is 3. The van der Waals surface area contributed by atoms with E-state index in [0.717, 1.165) is 11.1 Å². The van der Waals surface area contributed by atoms with Gasteiger partial charge in [0, 0.05) is 31.4 Å². The number of ether oxygens (including phenoxy) is 2. The second-order valence-corrected chi connectivity index (χ2v) is 7.56. The number of phenolic OH excluding ortho intramolecular Hbond substituents is 2.